The zero-order valence-corrected chi connectivity index (χ0v) is 15.1. The molecule has 0 fully saturated rings. The quantitative estimate of drug-likeness (QED) is 0.390. The Balaban J connectivity index is 3.69. The number of hydrogen-bond donors (Lipinski definition) is 1. The van der Waals surface area contributed by atoms with Crippen LogP contribution in [0, 0.1) is 5.41 Å². The average molecular weight is 284 g/mol. The first-order valence-corrected chi connectivity index (χ1v) is 9.23. The van der Waals surface area contributed by atoms with Crippen LogP contribution in [0.2, 0.25) is 0 Å². The van der Waals surface area contributed by atoms with Crippen molar-refractivity contribution >= 4 is 0 Å². The van der Waals surface area contributed by atoms with Gasteiger partial charge in [0.1, 0.15) is 0 Å². The fourth-order valence-corrected chi connectivity index (χ4v) is 2.65. The van der Waals surface area contributed by atoms with Crippen LogP contribution in [0.5, 0.6) is 0 Å². The van der Waals surface area contributed by atoms with E-state index in [0.717, 1.165) is 6.04 Å². The second-order valence-corrected chi connectivity index (χ2v) is 7.66. The Kier molecular flexibility index (Phi) is 12.7. The predicted octanol–water partition coefficient (Wildman–Crippen LogP) is 6.32. The van der Waals surface area contributed by atoms with Crippen LogP contribution < -0.4 is 5.32 Å². The third-order valence-electron chi connectivity index (χ3n) is 4.08. The smallest absolute Gasteiger partial charge is 0.00672 e. The molecule has 0 rings (SSSR count). The molecule has 0 spiro atoms. The summed E-state index contributed by atoms with van der Waals surface area (Å²) in [7, 11) is 0. The van der Waals surface area contributed by atoms with E-state index in [1.165, 1.54) is 77.2 Å². The topological polar surface area (TPSA) is 12.0 Å². The van der Waals surface area contributed by atoms with Gasteiger partial charge in [0.15, 0.2) is 0 Å². The average Bonchev–Trinajstić information content (AvgIpc) is 2.39. The van der Waals surface area contributed by atoms with Gasteiger partial charge in [-0.05, 0) is 37.6 Å². The van der Waals surface area contributed by atoms with Gasteiger partial charge in [0.2, 0.25) is 0 Å². The molecule has 0 saturated carbocycles. The van der Waals surface area contributed by atoms with Gasteiger partial charge in [0.25, 0.3) is 0 Å². The van der Waals surface area contributed by atoms with E-state index in [9.17, 15) is 0 Å². The minimum Gasteiger partial charge on any atom is -0.314 e. The monoisotopic (exact) mass is 283 g/mol. The summed E-state index contributed by atoms with van der Waals surface area (Å²) in [6.07, 6.45) is 15.3. The van der Waals surface area contributed by atoms with Crippen molar-refractivity contribution in [3.05, 3.63) is 0 Å². The highest BCUT2D eigenvalue weighted by atomic mass is 14.9. The van der Waals surface area contributed by atoms with E-state index in [1.54, 1.807) is 0 Å². The maximum absolute atomic E-state index is 3.75. The molecule has 1 atom stereocenters. The van der Waals surface area contributed by atoms with Gasteiger partial charge >= 0.3 is 0 Å². The molecule has 1 nitrogen and oxygen atoms in total. The Morgan fingerprint density at radius 2 is 1.35 bits per heavy atom. The number of hydrogen-bond acceptors (Lipinski definition) is 1. The number of unbranched alkanes of at least 4 members (excludes halogenated alkanes) is 6. The molecule has 0 bridgehead atoms. The zero-order chi connectivity index (χ0) is 15.3. The van der Waals surface area contributed by atoms with Crippen molar-refractivity contribution in [3.63, 3.8) is 0 Å². The van der Waals surface area contributed by atoms with Gasteiger partial charge in [-0.3, -0.25) is 0 Å². The normalized spacial score (nSPS) is 13.7. The van der Waals surface area contributed by atoms with Crippen LogP contribution in [-0.2, 0) is 0 Å². The third-order valence-corrected chi connectivity index (χ3v) is 4.08. The SMILES string of the molecule is CCCCCCCCCC(CCC(C)(C)C)NCCC. The summed E-state index contributed by atoms with van der Waals surface area (Å²) in [4.78, 5) is 0. The molecule has 1 unspecified atom stereocenters. The third kappa shape index (κ3) is 14.4. The van der Waals surface area contributed by atoms with E-state index in [-0.39, 0.29) is 0 Å². The lowest BCUT2D eigenvalue weighted by atomic mass is 9.87. The van der Waals surface area contributed by atoms with Crippen molar-refractivity contribution in [2.75, 3.05) is 6.54 Å². The molecular formula is C19H41N. The van der Waals surface area contributed by atoms with Crippen LogP contribution in [0.25, 0.3) is 0 Å². The molecule has 1 heteroatoms. The van der Waals surface area contributed by atoms with Gasteiger partial charge in [-0.2, -0.15) is 0 Å². The Morgan fingerprint density at radius 3 is 1.90 bits per heavy atom. The molecule has 0 aromatic heterocycles. The van der Waals surface area contributed by atoms with Crippen molar-refractivity contribution < 1.29 is 0 Å². The summed E-state index contributed by atoms with van der Waals surface area (Å²) >= 11 is 0. The molecule has 122 valence electrons. The first-order valence-electron chi connectivity index (χ1n) is 9.23. The van der Waals surface area contributed by atoms with Gasteiger partial charge in [-0.25, -0.2) is 0 Å². The maximum atomic E-state index is 3.75. The van der Waals surface area contributed by atoms with Crippen LogP contribution in [0.4, 0.5) is 0 Å². The van der Waals surface area contributed by atoms with Crippen molar-refractivity contribution in [3.8, 4) is 0 Å². The summed E-state index contributed by atoms with van der Waals surface area (Å²) in [5, 5.41) is 3.75. The fraction of sp³-hybridized carbons (Fsp3) is 1.00. The highest BCUT2D eigenvalue weighted by molar-refractivity contribution is 4.71. The molecule has 1 N–H and O–H groups in total. The second kappa shape index (κ2) is 12.7. The zero-order valence-electron chi connectivity index (χ0n) is 15.1. The number of nitrogens with one attached hydrogen (secondary N) is 1. The molecule has 0 aliphatic heterocycles. The molecule has 0 saturated heterocycles. The largest absolute Gasteiger partial charge is 0.314 e. The predicted molar refractivity (Wildman–Crippen MR) is 93.4 cm³/mol. The molecule has 0 heterocycles. The van der Waals surface area contributed by atoms with E-state index in [0.29, 0.717) is 5.41 Å². The summed E-state index contributed by atoms with van der Waals surface area (Å²) in [5.74, 6) is 0. The van der Waals surface area contributed by atoms with Gasteiger partial charge in [0, 0.05) is 6.04 Å². The Morgan fingerprint density at radius 1 is 0.750 bits per heavy atom. The molecular weight excluding hydrogens is 242 g/mol. The minimum atomic E-state index is 0.478. The number of rotatable bonds is 13. The van der Waals surface area contributed by atoms with Crippen LogP contribution in [0.3, 0.4) is 0 Å². The summed E-state index contributed by atoms with van der Waals surface area (Å²) in [6.45, 7) is 12.8. The van der Waals surface area contributed by atoms with Gasteiger partial charge in [0.05, 0.1) is 0 Å². The van der Waals surface area contributed by atoms with Crippen LogP contribution in [0.1, 0.15) is 105 Å². The van der Waals surface area contributed by atoms with E-state index in [1.807, 2.05) is 0 Å². The summed E-state index contributed by atoms with van der Waals surface area (Å²) in [6, 6.07) is 0.754. The summed E-state index contributed by atoms with van der Waals surface area (Å²) in [5.41, 5.74) is 0.478. The van der Waals surface area contributed by atoms with Gasteiger partial charge in [-0.1, -0.05) is 79.6 Å². The van der Waals surface area contributed by atoms with Crippen molar-refractivity contribution in [1.29, 1.82) is 0 Å². The summed E-state index contributed by atoms with van der Waals surface area (Å²) < 4.78 is 0. The van der Waals surface area contributed by atoms with E-state index < -0.39 is 0 Å². The van der Waals surface area contributed by atoms with Crippen molar-refractivity contribution in [2.45, 2.75) is 111 Å². The lowest BCUT2D eigenvalue weighted by Gasteiger charge is -2.24. The van der Waals surface area contributed by atoms with Crippen molar-refractivity contribution in [1.82, 2.24) is 5.32 Å². The van der Waals surface area contributed by atoms with Crippen LogP contribution in [0.15, 0.2) is 0 Å². The van der Waals surface area contributed by atoms with E-state index in [4.69, 9.17) is 0 Å². The Hall–Kier alpha value is -0.0400. The van der Waals surface area contributed by atoms with Gasteiger partial charge < -0.3 is 5.32 Å². The first kappa shape index (κ1) is 20.0. The maximum Gasteiger partial charge on any atom is 0.00672 e. The fourth-order valence-electron chi connectivity index (χ4n) is 2.65. The highest BCUT2D eigenvalue weighted by Crippen LogP contribution is 2.23. The van der Waals surface area contributed by atoms with Crippen molar-refractivity contribution in [2.24, 2.45) is 5.41 Å². The van der Waals surface area contributed by atoms with Crippen LogP contribution >= 0.6 is 0 Å². The van der Waals surface area contributed by atoms with Crippen LogP contribution in [-0.4, -0.2) is 12.6 Å². The molecule has 0 radical (unpaired) electrons. The lowest BCUT2D eigenvalue weighted by molar-refractivity contribution is 0.318. The molecule has 0 amide bonds. The molecule has 0 aromatic rings. The molecule has 0 aromatic carbocycles. The second-order valence-electron chi connectivity index (χ2n) is 7.66. The standard InChI is InChI=1S/C19H41N/c1-6-8-9-10-11-12-13-14-18(20-17-7-2)15-16-19(3,4)5/h18,20H,6-17H2,1-5H3. The molecule has 0 aliphatic carbocycles. The van der Waals surface area contributed by atoms with E-state index in [2.05, 4.69) is 39.9 Å². The highest BCUT2D eigenvalue weighted by Gasteiger charge is 2.14. The molecule has 0 aliphatic rings. The Labute approximate surface area is 129 Å². The lowest BCUT2D eigenvalue weighted by Crippen LogP contribution is -2.30. The van der Waals surface area contributed by atoms with E-state index >= 15 is 0 Å². The minimum absolute atomic E-state index is 0.478. The first-order chi connectivity index (χ1) is 9.49. The Bertz CT molecular complexity index is 192. The van der Waals surface area contributed by atoms with Gasteiger partial charge in [-0.15, -0.1) is 0 Å². The molecule has 20 heavy (non-hydrogen) atoms.